The van der Waals surface area contributed by atoms with Crippen LogP contribution >= 0.6 is 0 Å². The minimum atomic E-state index is -0.689. The number of rotatable bonds is 3. The first-order chi connectivity index (χ1) is 11.9. The minimum absolute atomic E-state index is 0.253. The number of nitrogens with zero attached hydrogens (tertiary/aromatic N) is 2. The number of hydrogen-bond acceptors (Lipinski definition) is 3. The second-order valence-corrected chi connectivity index (χ2v) is 6.25. The van der Waals surface area contributed by atoms with E-state index in [1.165, 1.54) is 4.68 Å². The average molecular weight is 335 g/mol. The van der Waals surface area contributed by atoms with Crippen molar-refractivity contribution >= 4 is 16.7 Å². The van der Waals surface area contributed by atoms with Crippen LogP contribution in [0.5, 0.6) is 0 Å². The molecule has 5 nitrogen and oxygen atoms in total. The van der Waals surface area contributed by atoms with Gasteiger partial charge in [-0.05, 0) is 38.5 Å². The van der Waals surface area contributed by atoms with Gasteiger partial charge in [-0.15, -0.1) is 0 Å². The number of carbonyl (C=O) groups excluding carboxylic acids is 1. The number of aromatic nitrogens is 2. The number of nitrogens with one attached hydrogen (secondary N) is 1. The van der Waals surface area contributed by atoms with E-state index in [0.717, 1.165) is 22.1 Å². The number of amides is 1. The fourth-order valence-electron chi connectivity index (χ4n) is 2.98. The van der Waals surface area contributed by atoms with Gasteiger partial charge < -0.3 is 5.32 Å². The van der Waals surface area contributed by atoms with Crippen LogP contribution in [-0.2, 0) is 4.79 Å². The normalized spacial score (nSPS) is 12.2. The van der Waals surface area contributed by atoms with Gasteiger partial charge in [0.15, 0.2) is 0 Å². The maximum Gasteiger partial charge on any atom is 0.275 e. The molecule has 1 unspecified atom stereocenters. The van der Waals surface area contributed by atoms with E-state index in [-0.39, 0.29) is 11.5 Å². The lowest BCUT2D eigenvalue weighted by atomic mass is 9.99. The zero-order valence-electron chi connectivity index (χ0n) is 14.8. The van der Waals surface area contributed by atoms with Crippen molar-refractivity contribution in [2.45, 2.75) is 26.8 Å². The molecule has 1 aromatic heterocycles. The first kappa shape index (κ1) is 16.9. The highest BCUT2D eigenvalue weighted by Gasteiger charge is 2.20. The van der Waals surface area contributed by atoms with Gasteiger partial charge in [0.1, 0.15) is 6.04 Å². The SMILES string of the molecule is CNC(=O)C(C)n1nc(-c2cc(C)ccc2C)c2ccccc2c1=O. The summed E-state index contributed by atoms with van der Waals surface area (Å²) in [7, 11) is 1.55. The predicted molar refractivity (Wildman–Crippen MR) is 99.7 cm³/mol. The topological polar surface area (TPSA) is 64.0 Å². The van der Waals surface area contributed by atoms with E-state index < -0.39 is 6.04 Å². The molecular weight excluding hydrogens is 314 g/mol. The second-order valence-electron chi connectivity index (χ2n) is 6.25. The van der Waals surface area contributed by atoms with Gasteiger partial charge in [-0.3, -0.25) is 9.59 Å². The molecule has 0 radical (unpaired) electrons. The molecule has 128 valence electrons. The molecule has 0 saturated heterocycles. The quantitative estimate of drug-likeness (QED) is 0.800. The summed E-state index contributed by atoms with van der Waals surface area (Å²) in [6.45, 7) is 5.71. The van der Waals surface area contributed by atoms with Gasteiger partial charge >= 0.3 is 0 Å². The fourth-order valence-corrected chi connectivity index (χ4v) is 2.98. The lowest BCUT2D eigenvalue weighted by molar-refractivity contribution is -0.123. The van der Waals surface area contributed by atoms with E-state index in [1.54, 1.807) is 20.0 Å². The number of benzene rings is 2. The monoisotopic (exact) mass is 335 g/mol. The van der Waals surface area contributed by atoms with Crippen molar-refractivity contribution in [3.05, 3.63) is 63.9 Å². The van der Waals surface area contributed by atoms with Crippen molar-refractivity contribution in [3.8, 4) is 11.3 Å². The largest absolute Gasteiger partial charge is 0.357 e. The molecule has 0 fully saturated rings. The smallest absolute Gasteiger partial charge is 0.275 e. The number of aryl methyl sites for hydroxylation is 2. The van der Waals surface area contributed by atoms with Gasteiger partial charge in [0, 0.05) is 18.0 Å². The van der Waals surface area contributed by atoms with Crippen LogP contribution in [0.4, 0.5) is 0 Å². The van der Waals surface area contributed by atoms with Crippen molar-refractivity contribution < 1.29 is 4.79 Å². The zero-order chi connectivity index (χ0) is 18.1. The molecule has 25 heavy (non-hydrogen) atoms. The molecule has 1 amide bonds. The molecule has 1 heterocycles. The van der Waals surface area contributed by atoms with Crippen LogP contribution in [0.3, 0.4) is 0 Å². The summed E-state index contributed by atoms with van der Waals surface area (Å²) in [6, 6.07) is 12.9. The lowest BCUT2D eigenvalue weighted by Crippen LogP contribution is -2.35. The van der Waals surface area contributed by atoms with Crippen LogP contribution in [0.15, 0.2) is 47.3 Å². The predicted octanol–water partition coefficient (Wildman–Crippen LogP) is 2.99. The molecule has 1 N–H and O–H groups in total. The summed E-state index contributed by atoms with van der Waals surface area (Å²) < 4.78 is 1.28. The Morgan fingerprint density at radius 2 is 1.80 bits per heavy atom. The van der Waals surface area contributed by atoms with Crippen LogP contribution in [-0.4, -0.2) is 22.7 Å². The number of carbonyl (C=O) groups is 1. The third kappa shape index (κ3) is 2.93. The van der Waals surface area contributed by atoms with E-state index in [0.29, 0.717) is 11.1 Å². The Kier molecular flexibility index (Phi) is 4.40. The van der Waals surface area contributed by atoms with E-state index in [4.69, 9.17) is 0 Å². The van der Waals surface area contributed by atoms with Gasteiger partial charge in [-0.25, -0.2) is 4.68 Å². The summed E-state index contributed by atoms with van der Waals surface area (Å²) in [4.78, 5) is 24.9. The third-order valence-electron chi connectivity index (χ3n) is 4.47. The molecule has 2 aromatic carbocycles. The highest BCUT2D eigenvalue weighted by Crippen LogP contribution is 2.28. The Labute approximate surface area is 146 Å². The Hall–Kier alpha value is -2.95. The molecule has 3 aromatic rings. The molecule has 0 saturated carbocycles. The minimum Gasteiger partial charge on any atom is -0.357 e. The summed E-state index contributed by atoms with van der Waals surface area (Å²) >= 11 is 0. The molecule has 5 heteroatoms. The number of fused-ring (bicyclic) bond motifs is 1. The van der Waals surface area contributed by atoms with Crippen molar-refractivity contribution in [3.63, 3.8) is 0 Å². The van der Waals surface area contributed by atoms with Crippen LogP contribution in [0.1, 0.15) is 24.1 Å². The third-order valence-corrected chi connectivity index (χ3v) is 4.47. The molecule has 0 aliphatic heterocycles. The lowest BCUT2D eigenvalue weighted by Gasteiger charge is -2.17. The summed E-state index contributed by atoms with van der Waals surface area (Å²) in [5.41, 5.74) is 3.60. The Bertz CT molecular complexity index is 1020. The fraction of sp³-hybridized carbons (Fsp3) is 0.250. The summed E-state index contributed by atoms with van der Waals surface area (Å²) in [5, 5.41) is 8.52. The molecule has 0 aliphatic rings. The summed E-state index contributed by atoms with van der Waals surface area (Å²) in [6.07, 6.45) is 0. The van der Waals surface area contributed by atoms with Crippen molar-refractivity contribution in [1.29, 1.82) is 0 Å². The van der Waals surface area contributed by atoms with Crippen molar-refractivity contribution in [1.82, 2.24) is 15.1 Å². The first-order valence-corrected chi connectivity index (χ1v) is 8.25. The van der Waals surface area contributed by atoms with Crippen LogP contribution < -0.4 is 10.9 Å². The molecular formula is C20H21N3O2. The number of likely N-dealkylation sites (N-methyl/N-ethyl adjacent to an activating group) is 1. The van der Waals surface area contributed by atoms with E-state index in [1.807, 2.05) is 44.2 Å². The molecule has 0 bridgehead atoms. The standard InChI is InChI=1S/C20H21N3O2/c1-12-9-10-13(2)17(11-12)18-15-7-5-6-8-16(15)20(25)23(22-18)14(3)19(24)21-4/h5-11,14H,1-4H3,(H,21,24). The highest BCUT2D eigenvalue weighted by atomic mass is 16.2. The Morgan fingerprint density at radius 1 is 1.12 bits per heavy atom. The Morgan fingerprint density at radius 3 is 2.48 bits per heavy atom. The zero-order valence-corrected chi connectivity index (χ0v) is 14.8. The van der Waals surface area contributed by atoms with Gasteiger partial charge in [0.2, 0.25) is 5.91 Å². The van der Waals surface area contributed by atoms with Crippen LogP contribution in [0.25, 0.3) is 22.0 Å². The molecule has 3 rings (SSSR count). The highest BCUT2D eigenvalue weighted by molar-refractivity contribution is 5.94. The second kappa shape index (κ2) is 6.51. The van der Waals surface area contributed by atoms with Crippen molar-refractivity contribution in [2.75, 3.05) is 7.05 Å². The van der Waals surface area contributed by atoms with Crippen LogP contribution in [0, 0.1) is 13.8 Å². The van der Waals surface area contributed by atoms with Gasteiger partial charge in [-0.1, -0.05) is 35.9 Å². The van der Waals surface area contributed by atoms with Gasteiger partial charge in [0.25, 0.3) is 5.56 Å². The first-order valence-electron chi connectivity index (χ1n) is 8.25. The average Bonchev–Trinajstić information content (AvgIpc) is 2.63. The molecule has 0 aliphatic carbocycles. The van der Waals surface area contributed by atoms with Gasteiger partial charge in [-0.2, -0.15) is 5.10 Å². The van der Waals surface area contributed by atoms with E-state index >= 15 is 0 Å². The van der Waals surface area contributed by atoms with E-state index in [2.05, 4.69) is 16.5 Å². The van der Waals surface area contributed by atoms with Crippen molar-refractivity contribution in [2.24, 2.45) is 0 Å². The van der Waals surface area contributed by atoms with Gasteiger partial charge in [0.05, 0.1) is 11.1 Å². The molecule has 0 spiro atoms. The summed E-state index contributed by atoms with van der Waals surface area (Å²) in [5.74, 6) is -0.253. The maximum atomic E-state index is 12.8. The maximum absolute atomic E-state index is 12.8. The Balaban J connectivity index is 2.39. The van der Waals surface area contributed by atoms with Crippen LogP contribution in [0.2, 0.25) is 0 Å². The molecule has 1 atom stereocenters. The van der Waals surface area contributed by atoms with E-state index in [9.17, 15) is 9.59 Å². The number of hydrogen-bond donors (Lipinski definition) is 1.